The molecule has 0 radical (unpaired) electrons. The molecule has 28 heavy (non-hydrogen) atoms. The van der Waals surface area contributed by atoms with Crippen molar-refractivity contribution in [1.82, 2.24) is 10.5 Å². The first-order chi connectivity index (χ1) is 13.0. The number of nitrogens with one attached hydrogen (secondary N) is 1. The number of nitrogens with zero attached hydrogens (tertiary/aromatic N) is 1. The van der Waals surface area contributed by atoms with E-state index in [1.807, 2.05) is 0 Å². The van der Waals surface area contributed by atoms with Crippen LogP contribution in [-0.2, 0) is 21.1 Å². The quantitative estimate of drug-likeness (QED) is 0.413. The minimum atomic E-state index is -3.85. The predicted molar refractivity (Wildman–Crippen MR) is 101 cm³/mol. The predicted octanol–water partition coefficient (Wildman–Crippen LogP) is 2.33. The number of hydrogen-bond donors (Lipinski definition) is 2. The second-order valence-electron chi connectivity index (χ2n) is 6.74. The minimum absolute atomic E-state index is 0.0232. The van der Waals surface area contributed by atoms with Crippen molar-refractivity contribution in [3.05, 3.63) is 53.6 Å². The number of sulfone groups is 1. The summed E-state index contributed by atoms with van der Waals surface area (Å²) in [6, 6.07) is 7.64. The zero-order valence-electron chi connectivity index (χ0n) is 15.7. The zero-order valence-corrected chi connectivity index (χ0v) is 16.5. The van der Waals surface area contributed by atoms with Crippen molar-refractivity contribution in [2.45, 2.75) is 31.4 Å². The lowest BCUT2D eigenvalue weighted by Crippen LogP contribution is -2.49. The summed E-state index contributed by atoms with van der Waals surface area (Å²) < 4.78 is 36.6. The van der Waals surface area contributed by atoms with Crippen LogP contribution in [0, 0.1) is 5.82 Å². The molecule has 0 spiro atoms. The number of hydroxylamine groups is 1. The van der Waals surface area contributed by atoms with E-state index in [0.29, 0.717) is 16.8 Å². The average Bonchev–Trinajstić information content (AvgIpc) is 2.65. The highest BCUT2D eigenvalue weighted by atomic mass is 32.2. The molecule has 1 unspecified atom stereocenters. The number of pyridine rings is 1. The number of Topliss-reactive ketones (excluding diaryl/α,β-unsaturated/α-hetero) is 1. The van der Waals surface area contributed by atoms with E-state index < -0.39 is 26.3 Å². The molecule has 0 aliphatic rings. The van der Waals surface area contributed by atoms with Gasteiger partial charge in [-0.3, -0.25) is 19.8 Å². The van der Waals surface area contributed by atoms with Gasteiger partial charge in [0.05, 0.1) is 0 Å². The van der Waals surface area contributed by atoms with Crippen LogP contribution in [0.3, 0.4) is 0 Å². The Morgan fingerprint density at radius 1 is 1.21 bits per heavy atom. The third-order valence-corrected chi connectivity index (χ3v) is 6.81. The fourth-order valence-electron chi connectivity index (χ4n) is 2.66. The Kier molecular flexibility index (Phi) is 6.30. The molecule has 2 rings (SSSR count). The molecule has 1 aromatic heterocycles. The van der Waals surface area contributed by atoms with Crippen LogP contribution in [0.4, 0.5) is 4.39 Å². The maximum atomic E-state index is 14.5. The van der Waals surface area contributed by atoms with Crippen molar-refractivity contribution < 1.29 is 27.6 Å². The molecule has 150 valence electrons. The number of benzene rings is 1. The molecule has 9 heteroatoms. The number of rotatable bonds is 7. The number of hydrogen-bond acceptors (Lipinski definition) is 6. The number of aryl methyl sites for hydroxylation is 1. The Labute approximate surface area is 162 Å². The van der Waals surface area contributed by atoms with Gasteiger partial charge in [-0.05, 0) is 43.0 Å². The molecule has 0 aliphatic carbocycles. The lowest BCUT2D eigenvalue weighted by Gasteiger charge is -2.25. The van der Waals surface area contributed by atoms with Gasteiger partial charge in [0.15, 0.2) is 15.6 Å². The third-order valence-electron chi connectivity index (χ3n) is 4.78. The van der Waals surface area contributed by atoms with Crippen LogP contribution >= 0.6 is 0 Å². The Morgan fingerprint density at radius 2 is 1.86 bits per heavy atom. The highest BCUT2D eigenvalue weighted by Crippen LogP contribution is 2.27. The van der Waals surface area contributed by atoms with Crippen molar-refractivity contribution in [1.29, 1.82) is 0 Å². The maximum absolute atomic E-state index is 14.5. The average molecular weight is 408 g/mol. The van der Waals surface area contributed by atoms with E-state index in [0.717, 1.165) is 6.26 Å². The van der Waals surface area contributed by atoms with Gasteiger partial charge in [-0.1, -0.05) is 18.2 Å². The highest BCUT2D eigenvalue weighted by molar-refractivity contribution is 7.92. The van der Waals surface area contributed by atoms with Gasteiger partial charge in [-0.25, -0.2) is 18.3 Å². The van der Waals surface area contributed by atoms with E-state index in [4.69, 9.17) is 5.21 Å². The first kappa shape index (κ1) is 21.6. The van der Waals surface area contributed by atoms with E-state index in [9.17, 15) is 22.4 Å². The van der Waals surface area contributed by atoms with Crippen molar-refractivity contribution in [2.75, 3.05) is 6.26 Å². The summed E-state index contributed by atoms with van der Waals surface area (Å²) in [7, 11) is -3.85. The summed E-state index contributed by atoms with van der Waals surface area (Å²) in [5, 5.41) is 8.84. The Hall–Kier alpha value is -2.65. The summed E-state index contributed by atoms with van der Waals surface area (Å²) in [6.45, 7) is 2.58. The number of aromatic nitrogens is 1. The Bertz CT molecular complexity index is 1010. The lowest BCUT2D eigenvalue weighted by atomic mass is 9.97. The van der Waals surface area contributed by atoms with Gasteiger partial charge in [0, 0.05) is 24.9 Å². The third kappa shape index (κ3) is 4.42. The molecule has 0 bridgehead atoms. The van der Waals surface area contributed by atoms with Crippen molar-refractivity contribution >= 4 is 21.5 Å². The van der Waals surface area contributed by atoms with Crippen LogP contribution in [0.1, 0.15) is 36.3 Å². The summed E-state index contributed by atoms with van der Waals surface area (Å²) in [6.07, 6.45) is 2.13. The van der Waals surface area contributed by atoms with Crippen molar-refractivity contribution in [3.63, 3.8) is 0 Å². The van der Waals surface area contributed by atoms with Gasteiger partial charge < -0.3 is 0 Å². The molecule has 7 nitrogen and oxygen atoms in total. The SMILES string of the molecule is CC(=O)c1ccc(-c2ccc(CCC(C)(C(=O)NO)S(C)(=O)=O)c(F)c2)cn1. The molecular formula is C19H21FN2O5S. The monoisotopic (exact) mass is 408 g/mol. The number of ketones is 1. The number of amides is 1. The molecular weight excluding hydrogens is 387 g/mol. The van der Waals surface area contributed by atoms with Crippen LogP contribution < -0.4 is 5.48 Å². The summed E-state index contributed by atoms with van der Waals surface area (Å²) in [4.78, 5) is 27.1. The summed E-state index contributed by atoms with van der Waals surface area (Å²) in [5.74, 6) is -1.80. The summed E-state index contributed by atoms with van der Waals surface area (Å²) in [5.41, 5.74) is 3.07. The van der Waals surface area contributed by atoms with Gasteiger partial charge in [0.2, 0.25) is 0 Å². The standard InChI is InChI=1S/C19H21FN2O5S/c1-12(23)17-7-6-15(11-21-17)14-5-4-13(16(20)10-14)8-9-19(2,18(24)22-25)28(3,26)27/h4-7,10-11,25H,8-9H2,1-3H3,(H,22,24). The molecule has 0 aliphatic heterocycles. The van der Waals surface area contributed by atoms with E-state index >= 15 is 0 Å². The van der Waals surface area contributed by atoms with Crippen LogP contribution in [0.15, 0.2) is 36.5 Å². The molecule has 1 heterocycles. The van der Waals surface area contributed by atoms with Crippen molar-refractivity contribution in [3.8, 4) is 11.1 Å². The van der Waals surface area contributed by atoms with Crippen LogP contribution in [0.2, 0.25) is 0 Å². The molecule has 1 aromatic carbocycles. The minimum Gasteiger partial charge on any atom is -0.293 e. The molecule has 2 N–H and O–H groups in total. The Balaban J connectivity index is 2.25. The lowest BCUT2D eigenvalue weighted by molar-refractivity contribution is -0.131. The second-order valence-corrected chi connectivity index (χ2v) is 9.18. The van der Waals surface area contributed by atoms with E-state index in [-0.39, 0.29) is 24.2 Å². The first-order valence-corrected chi connectivity index (χ1v) is 10.3. The zero-order chi connectivity index (χ0) is 21.1. The number of halogens is 1. The number of carbonyl (C=O) groups excluding carboxylic acids is 2. The smallest absolute Gasteiger partial charge is 0.264 e. The molecule has 0 fully saturated rings. The van der Waals surface area contributed by atoms with Gasteiger partial charge in [0.25, 0.3) is 5.91 Å². The topological polar surface area (TPSA) is 113 Å². The highest BCUT2D eigenvalue weighted by Gasteiger charge is 2.43. The van der Waals surface area contributed by atoms with Gasteiger partial charge in [0.1, 0.15) is 16.3 Å². The Morgan fingerprint density at radius 3 is 2.32 bits per heavy atom. The normalized spacial score (nSPS) is 13.6. The second kappa shape index (κ2) is 8.15. The van der Waals surface area contributed by atoms with Gasteiger partial charge in [-0.15, -0.1) is 0 Å². The van der Waals surface area contributed by atoms with E-state index in [1.54, 1.807) is 18.2 Å². The van der Waals surface area contributed by atoms with Crippen LogP contribution in [0.25, 0.3) is 11.1 Å². The van der Waals surface area contributed by atoms with Gasteiger partial charge >= 0.3 is 0 Å². The molecule has 0 saturated heterocycles. The van der Waals surface area contributed by atoms with Gasteiger partial charge in [-0.2, -0.15) is 0 Å². The summed E-state index contributed by atoms with van der Waals surface area (Å²) >= 11 is 0. The van der Waals surface area contributed by atoms with Crippen LogP contribution in [-0.4, -0.2) is 41.3 Å². The maximum Gasteiger partial charge on any atom is 0.264 e. The molecule has 1 atom stereocenters. The van der Waals surface area contributed by atoms with Crippen LogP contribution in [0.5, 0.6) is 0 Å². The van der Waals surface area contributed by atoms with Crippen molar-refractivity contribution in [2.24, 2.45) is 0 Å². The van der Waals surface area contributed by atoms with E-state index in [2.05, 4.69) is 4.98 Å². The molecule has 0 saturated carbocycles. The van der Waals surface area contributed by atoms with E-state index in [1.165, 1.54) is 37.7 Å². The largest absolute Gasteiger partial charge is 0.293 e. The number of carbonyl (C=O) groups is 2. The molecule has 1 amide bonds. The molecule has 2 aromatic rings. The fraction of sp³-hybridized carbons (Fsp3) is 0.316. The fourth-order valence-corrected chi connectivity index (χ4v) is 3.52. The first-order valence-electron chi connectivity index (χ1n) is 8.39.